The highest BCUT2D eigenvalue weighted by Crippen LogP contribution is 2.28. The minimum atomic E-state index is 0.236. The van der Waals surface area contributed by atoms with Gasteiger partial charge in [-0.1, -0.05) is 18.2 Å². The van der Waals surface area contributed by atoms with Gasteiger partial charge in [0, 0.05) is 23.5 Å². The summed E-state index contributed by atoms with van der Waals surface area (Å²) in [5, 5.41) is 13.9. The Morgan fingerprint density at radius 2 is 2.00 bits per heavy atom. The Bertz CT molecular complexity index is 693. The smallest absolute Gasteiger partial charge is 0.169 e. The normalized spacial score (nSPS) is 10.9. The molecule has 5 heteroatoms. The predicted molar refractivity (Wildman–Crippen MR) is 67.8 cm³/mol. The molecule has 0 fully saturated rings. The van der Waals surface area contributed by atoms with E-state index in [1.54, 1.807) is 29.0 Å². The van der Waals surface area contributed by atoms with Gasteiger partial charge in [0.25, 0.3) is 0 Å². The molecule has 0 spiro atoms. The molecule has 4 nitrogen and oxygen atoms in total. The first-order valence-corrected chi connectivity index (χ1v) is 5.82. The molecule has 0 radical (unpaired) electrons. The largest absolute Gasteiger partial charge is 0.507 e. The highest BCUT2D eigenvalue weighted by Gasteiger charge is 2.07. The molecule has 0 bridgehead atoms. The molecule has 1 aromatic carbocycles. The van der Waals surface area contributed by atoms with Gasteiger partial charge in [0.2, 0.25) is 0 Å². The van der Waals surface area contributed by atoms with E-state index in [9.17, 15) is 5.11 Å². The Balaban J connectivity index is 2.22. The number of hydrogen-bond donors (Lipinski definition) is 1. The van der Waals surface area contributed by atoms with E-state index in [1.165, 1.54) is 0 Å². The molecule has 2 aromatic heterocycles. The van der Waals surface area contributed by atoms with Crippen LogP contribution in [0, 0.1) is 0 Å². The third kappa shape index (κ3) is 1.68. The number of phenolic OH excluding ortho intramolecular Hbond substituents is 1. The summed E-state index contributed by atoms with van der Waals surface area (Å²) in [4.78, 5) is 4.30. The summed E-state index contributed by atoms with van der Waals surface area (Å²) in [5.41, 5.74) is 2.32. The fourth-order valence-electron chi connectivity index (χ4n) is 1.70. The molecule has 0 aliphatic carbocycles. The molecule has 17 heavy (non-hydrogen) atoms. The molecule has 0 aliphatic heterocycles. The third-order valence-electron chi connectivity index (χ3n) is 2.53. The Kier molecular flexibility index (Phi) is 2.33. The van der Waals surface area contributed by atoms with Crippen LogP contribution in [-0.2, 0) is 0 Å². The number of phenols is 1. The first kappa shape index (κ1) is 10.3. The topological polar surface area (TPSA) is 50.4 Å². The summed E-state index contributed by atoms with van der Waals surface area (Å²) in [6.07, 6.45) is 5.25. The van der Waals surface area contributed by atoms with Crippen molar-refractivity contribution in [2.45, 2.75) is 0 Å². The van der Waals surface area contributed by atoms with Gasteiger partial charge in [-0.15, -0.1) is 0 Å². The van der Waals surface area contributed by atoms with Crippen molar-refractivity contribution < 1.29 is 5.11 Å². The molecule has 0 saturated carbocycles. The van der Waals surface area contributed by atoms with E-state index in [0.717, 1.165) is 21.2 Å². The molecule has 84 valence electrons. The van der Waals surface area contributed by atoms with Gasteiger partial charge in [-0.3, -0.25) is 0 Å². The van der Waals surface area contributed by atoms with Crippen molar-refractivity contribution in [3.63, 3.8) is 0 Å². The van der Waals surface area contributed by atoms with Gasteiger partial charge >= 0.3 is 0 Å². The molecule has 3 rings (SSSR count). The molecule has 3 aromatic rings. The second kappa shape index (κ2) is 3.85. The molecule has 0 unspecified atom stereocenters. The van der Waals surface area contributed by atoms with E-state index in [1.807, 2.05) is 18.3 Å². The first-order valence-electron chi connectivity index (χ1n) is 5.03. The Hall–Kier alpha value is -1.88. The Morgan fingerprint density at radius 3 is 2.82 bits per heavy atom. The summed E-state index contributed by atoms with van der Waals surface area (Å²) >= 11 is 3.37. The van der Waals surface area contributed by atoms with Crippen molar-refractivity contribution in [1.82, 2.24) is 14.6 Å². The lowest BCUT2D eigenvalue weighted by Crippen LogP contribution is -1.91. The summed E-state index contributed by atoms with van der Waals surface area (Å²) in [6.45, 7) is 0. The number of fused-ring (bicyclic) bond motifs is 1. The summed E-state index contributed by atoms with van der Waals surface area (Å²) in [5.74, 6) is 0.236. The van der Waals surface area contributed by atoms with E-state index in [4.69, 9.17) is 0 Å². The van der Waals surface area contributed by atoms with Crippen molar-refractivity contribution in [3.05, 3.63) is 47.3 Å². The minimum Gasteiger partial charge on any atom is -0.507 e. The second-order valence-electron chi connectivity index (χ2n) is 3.62. The SMILES string of the molecule is Oc1ccccc1-c1cnc2c(Br)cnn2c1. The number of halogens is 1. The molecular weight excluding hydrogens is 282 g/mol. The van der Waals surface area contributed by atoms with Crippen LogP contribution in [0.2, 0.25) is 0 Å². The number of hydrogen-bond acceptors (Lipinski definition) is 3. The number of aromatic nitrogens is 3. The van der Waals surface area contributed by atoms with Gasteiger partial charge in [-0.25, -0.2) is 9.50 Å². The van der Waals surface area contributed by atoms with Gasteiger partial charge in [-0.2, -0.15) is 5.10 Å². The zero-order valence-corrected chi connectivity index (χ0v) is 10.3. The zero-order chi connectivity index (χ0) is 11.8. The van der Waals surface area contributed by atoms with Crippen LogP contribution in [0.5, 0.6) is 5.75 Å². The van der Waals surface area contributed by atoms with Crippen LogP contribution in [-0.4, -0.2) is 19.7 Å². The molecular formula is C12H8BrN3O. The highest BCUT2D eigenvalue weighted by molar-refractivity contribution is 9.10. The lowest BCUT2D eigenvalue weighted by Gasteiger charge is -2.04. The number of nitrogens with zero attached hydrogens (tertiary/aromatic N) is 3. The van der Waals surface area contributed by atoms with Crippen molar-refractivity contribution in [1.29, 1.82) is 0 Å². The van der Waals surface area contributed by atoms with Crippen LogP contribution in [0.15, 0.2) is 47.3 Å². The van der Waals surface area contributed by atoms with Gasteiger partial charge < -0.3 is 5.11 Å². The van der Waals surface area contributed by atoms with E-state index in [0.29, 0.717) is 0 Å². The van der Waals surface area contributed by atoms with Gasteiger partial charge in [0.05, 0.1) is 10.7 Å². The molecule has 0 amide bonds. The van der Waals surface area contributed by atoms with Crippen LogP contribution in [0.1, 0.15) is 0 Å². The van der Waals surface area contributed by atoms with Gasteiger partial charge in [0.15, 0.2) is 5.65 Å². The summed E-state index contributed by atoms with van der Waals surface area (Å²) < 4.78 is 2.52. The Morgan fingerprint density at radius 1 is 1.18 bits per heavy atom. The van der Waals surface area contributed by atoms with Gasteiger partial charge in [0.1, 0.15) is 5.75 Å². The average molecular weight is 290 g/mol. The van der Waals surface area contributed by atoms with Crippen molar-refractivity contribution >= 4 is 21.6 Å². The second-order valence-corrected chi connectivity index (χ2v) is 4.47. The van der Waals surface area contributed by atoms with Crippen LogP contribution in [0.25, 0.3) is 16.8 Å². The number of aromatic hydroxyl groups is 1. The minimum absolute atomic E-state index is 0.236. The molecule has 0 atom stereocenters. The predicted octanol–water partition coefficient (Wildman–Crippen LogP) is 2.86. The monoisotopic (exact) mass is 289 g/mol. The zero-order valence-electron chi connectivity index (χ0n) is 8.71. The maximum atomic E-state index is 9.77. The van der Waals surface area contributed by atoms with E-state index in [-0.39, 0.29) is 5.75 Å². The molecule has 1 N–H and O–H groups in total. The van der Waals surface area contributed by atoms with Crippen LogP contribution < -0.4 is 0 Å². The average Bonchev–Trinajstić information content (AvgIpc) is 2.71. The molecule has 0 saturated heterocycles. The maximum Gasteiger partial charge on any atom is 0.169 e. The van der Waals surface area contributed by atoms with Crippen LogP contribution in [0.4, 0.5) is 0 Å². The van der Waals surface area contributed by atoms with Crippen molar-refractivity contribution in [2.75, 3.05) is 0 Å². The summed E-state index contributed by atoms with van der Waals surface area (Å²) in [7, 11) is 0. The van der Waals surface area contributed by atoms with Crippen LogP contribution in [0.3, 0.4) is 0 Å². The standard InChI is InChI=1S/C12H8BrN3O/c13-10-6-15-16-7-8(5-14-12(10)16)9-3-1-2-4-11(9)17/h1-7,17H. The first-order chi connectivity index (χ1) is 8.25. The molecule has 0 aliphatic rings. The fraction of sp³-hybridized carbons (Fsp3) is 0. The number of rotatable bonds is 1. The van der Waals surface area contributed by atoms with Crippen molar-refractivity contribution in [2.24, 2.45) is 0 Å². The fourth-order valence-corrected chi connectivity index (χ4v) is 2.08. The number of para-hydroxylation sites is 1. The number of benzene rings is 1. The highest BCUT2D eigenvalue weighted by atomic mass is 79.9. The lowest BCUT2D eigenvalue weighted by molar-refractivity contribution is 0.477. The van der Waals surface area contributed by atoms with Gasteiger partial charge in [-0.05, 0) is 22.0 Å². The quantitative estimate of drug-likeness (QED) is 0.749. The third-order valence-corrected chi connectivity index (χ3v) is 3.09. The lowest BCUT2D eigenvalue weighted by atomic mass is 10.1. The molecule has 2 heterocycles. The van der Waals surface area contributed by atoms with E-state index in [2.05, 4.69) is 26.0 Å². The van der Waals surface area contributed by atoms with Crippen molar-refractivity contribution in [3.8, 4) is 16.9 Å². The van der Waals surface area contributed by atoms with E-state index < -0.39 is 0 Å². The Labute approximate surface area is 106 Å². The van der Waals surface area contributed by atoms with E-state index >= 15 is 0 Å². The maximum absolute atomic E-state index is 9.77. The van der Waals surface area contributed by atoms with Crippen LogP contribution >= 0.6 is 15.9 Å². The summed E-state index contributed by atoms with van der Waals surface area (Å²) in [6, 6.07) is 7.16.